The molecule has 7 nitrogen and oxygen atoms in total. The molecule has 0 radical (unpaired) electrons. The minimum Gasteiger partial charge on any atom is -0.490 e. The maximum absolute atomic E-state index is 13.1. The Morgan fingerprint density at radius 1 is 1.00 bits per heavy atom. The average molecular weight is 434 g/mol. The van der Waals surface area contributed by atoms with Crippen LogP contribution in [0.5, 0.6) is 11.5 Å². The van der Waals surface area contributed by atoms with Crippen molar-refractivity contribution in [3.05, 3.63) is 77.2 Å². The van der Waals surface area contributed by atoms with Crippen LogP contribution in [-0.4, -0.2) is 36.5 Å². The lowest BCUT2D eigenvalue weighted by Gasteiger charge is -2.30. The summed E-state index contributed by atoms with van der Waals surface area (Å²) in [7, 11) is 0. The van der Waals surface area contributed by atoms with E-state index in [1.807, 2.05) is 30.9 Å². The second kappa shape index (κ2) is 9.60. The largest absolute Gasteiger partial charge is 0.490 e. The van der Waals surface area contributed by atoms with Gasteiger partial charge in [0.15, 0.2) is 17.3 Å². The molecule has 0 atom stereocenters. The quantitative estimate of drug-likeness (QED) is 0.591. The number of hydrogen-bond donors (Lipinski definition) is 1. The number of furan rings is 1. The van der Waals surface area contributed by atoms with Crippen molar-refractivity contribution in [2.24, 2.45) is 0 Å². The van der Waals surface area contributed by atoms with Crippen molar-refractivity contribution in [1.82, 2.24) is 4.90 Å². The number of rotatable bonds is 7. The van der Waals surface area contributed by atoms with Gasteiger partial charge in [-0.05, 0) is 79.9 Å². The fourth-order valence-electron chi connectivity index (χ4n) is 3.75. The van der Waals surface area contributed by atoms with Crippen molar-refractivity contribution in [3.63, 3.8) is 0 Å². The van der Waals surface area contributed by atoms with Crippen LogP contribution >= 0.6 is 0 Å². The SMILES string of the molecule is CCOc1cc2c(cc1OCC)CN(C(=O)c1ccc(NC(=O)c3ccco3)cc1)CC2. The second-order valence-electron chi connectivity index (χ2n) is 7.42. The number of amides is 2. The number of carbonyl (C=O) groups is 2. The Labute approximate surface area is 186 Å². The predicted octanol–water partition coefficient (Wildman–Crippen LogP) is 4.53. The molecule has 7 heteroatoms. The molecule has 2 heterocycles. The summed E-state index contributed by atoms with van der Waals surface area (Å²) in [5.74, 6) is 1.31. The second-order valence-corrected chi connectivity index (χ2v) is 7.42. The van der Waals surface area contributed by atoms with Crippen LogP contribution in [0.25, 0.3) is 0 Å². The van der Waals surface area contributed by atoms with E-state index in [9.17, 15) is 9.59 Å². The van der Waals surface area contributed by atoms with E-state index >= 15 is 0 Å². The molecule has 0 saturated heterocycles. The summed E-state index contributed by atoms with van der Waals surface area (Å²) >= 11 is 0. The summed E-state index contributed by atoms with van der Waals surface area (Å²) in [4.78, 5) is 27.0. The molecular weight excluding hydrogens is 408 g/mol. The van der Waals surface area contributed by atoms with Crippen LogP contribution in [0.15, 0.2) is 59.2 Å². The molecular formula is C25H26N2O5. The highest BCUT2D eigenvalue weighted by molar-refractivity contribution is 6.02. The van der Waals surface area contributed by atoms with Crippen LogP contribution in [0.2, 0.25) is 0 Å². The van der Waals surface area contributed by atoms with Crippen LogP contribution in [0.1, 0.15) is 45.9 Å². The molecule has 2 amide bonds. The van der Waals surface area contributed by atoms with Gasteiger partial charge in [0, 0.05) is 24.3 Å². The Balaban J connectivity index is 1.45. The Bertz CT molecular complexity index is 1090. The number of carbonyl (C=O) groups excluding carboxylic acids is 2. The lowest BCUT2D eigenvalue weighted by molar-refractivity contribution is 0.0734. The first-order chi connectivity index (χ1) is 15.6. The van der Waals surface area contributed by atoms with Gasteiger partial charge in [-0.25, -0.2) is 0 Å². The summed E-state index contributed by atoms with van der Waals surface area (Å²) < 4.78 is 16.6. The maximum atomic E-state index is 13.1. The molecule has 4 rings (SSSR count). The standard InChI is InChI=1S/C25H26N2O5/c1-3-30-22-14-18-11-12-27(16-19(18)15-23(22)31-4-2)25(29)17-7-9-20(10-8-17)26-24(28)21-6-5-13-32-21/h5-10,13-15H,3-4,11-12,16H2,1-2H3,(H,26,28). The van der Waals surface area contributed by atoms with E-state index in [1.165, 1.54) is 11.8 Å². The number of fused-ring (bicyclic) bond motifs is 1. The summed E-state index contributed by atoms with van der Waals surface area (Å²) in [5, 5.41) is 2.75. The molecule has 1 N–H and O–H groups in total. The third-order valence-corrected chi connectivity index (χ3v) is 5.30. The van der Waals surface area contributed by atoms with E-state index in [2.05, 4.69) is 5.32 Å². The molecule has 0 spiro atoms. The van der Waals surface area contributed by atoms with Gasteiger partial charge in [-0.15, -0.1) is 0 Å². The fraction of sp³-hybridized carbons (Fsp3) is 0.280. The van der Waals surface area contributed by atoms with E-state index in [-0.39, 0.29) is 17.6 Å². The van der Waals surface area contributed by atoms with Gasteiger partial charge in [-0.3, -0.25) is 9.59 Å². The molecule has 1 aromatic heterocycles. The highest BCUT2D eigenvalue weighted by Gasteiger charge is 2.24. The number of ether oxygens (including phenoxy) is 2. The number of hydrogen-bond acceptors (Lipinski definition) is 5. The number of benzene rings is 2. The minimum absolute atomic E-state index is 0.0496. The van der Waals surface area contributed by atoms with Crippen LogP contribution in [0.4, 0.5) is 5.69 Å². The Hall–Kier alpha value is -3.74. The zero-order valence-electron chi connectivity index (χ0n) is 18.2. The number of nitrogens with zero attached hydrogens (tertiary/aromatic N) is 1. The molecule has 166 valence electrons. The lowest BCUT2D eigenvalue weighted by atomic mass is 9.98. The maximum Gasteiger partial charge on any atom is 0.291 e. The monoisotopic (exact) mass is 434 g/mol. The first-order valence-electron chi connectivity index (χ1n) is 10.7. The van der Waals surface area contributed by atoms with Crippen LogP contribution in [-0.2, 0) is 13.0 Å². The molecule has 0 saturated carbocycles. The third kappa shape index (κ3) is 4.61. The molecule has 2 aromatic carbocycles. The van der Waals surface area contributed by atoms with Gasteiger partial charge < -0.3 is 24.1 Å². The van der Waals surface area contributed by atoms with Crippen molar-refractivity contribution in [2.45, 2.75) is 26.8 Å². The number of nitrogens with one attached hydrogen (secondary N) is 1. The van der Waals surface area contributed by atoms with Crippen LogP contribution in [0, 0.1) is 0 Å². The molecule has 1 aliphatic rings. The van der Waals surface area contributed by atoms with Crippen LogP contribution in [0.3, 0.4) is 0 Å². The van der Waals surface area contributed by atoms with Crippen molar-refractivity contribution in [1.29, 1.82) is 0 Å². The van der Waals surface area contributed by atoms with Gasteiger partial charge in [0.05, 0.1) is 19.5 Å². The summed E-state index contributed by atoms with van der Waals surface area (Å²) in [6.45, 7) is 6.14. The summed E-state index contributed by atoms with van der Waals surface area (Å²) in [6, 6.07) is 14.1. The Morgan fingerprint density at radius 2 is 1.69 bits per heavy atom. The summed E-state index contributed by atoms with van der Waals surface area (Å²) in [5.41, 5.74) is 3.41. The molecule has 0 bridgehead atoms. The lowest BCUT2D eigenvalue weighted by Crippen LogP contribution is -2.36. The van der Waals surface area contributed by atoms with Gasteiger partial charge in [-0.1, -0.05) is 0 Å². The van der Waals surface area contributed by atoms with Gasteiger partial charge in [-0.2, -0.15) is 0 Å². The third-order valence-electron chi connectivity index (χ3n) is 5.30. The molecule has 1 aliphatic heterocycles. The topological polar surface area (TPSA) is 81.0 Å². The molecule has 0 aliphatic carbocycles. The highest BCUT2D eigenvalue weighted by atomic mass is 16.5. The normalized spacial score (nSPS) is 12.8. The smallest absolute Gasteiger partial charge is 0.291 e. The molecule has 0 fully saturated rings. The van der Waals surface area contributed by atoms with E-state index < -0.39 is 0 Å². The zero-order chi connectivity index (χ0) is 22.5. The van der Waals surface area contributed by atoms with Gasteiger partial charge in [0.1, 0.15) is 0 Å². The van der Waals surface area contributed by atoms with E-state index in [1.54, 1.807) is 36.4 Å². The van der Waals surface area contributed by atoms with Crippen molar-refractivity contribution >= 4 is 17.5 Å². The van der Waals surface area contributed by atoms with Gasteiger partial charge in [0.2, 0.25) is 0 Å². The first-order valence-corrected chi connectivity index (χ1v) is 10.7. The van der Waals surface area contributed by atoms with Crippen LogP contribution < -0.4 is 14.8 Å². The Kier molecular flexibility index (Phi) is 6.44. The minimum atomic E-state index is -0.335. The fourth-order valence-corrected chi connectivity index (χ4v) is 3.75. The average Bonchev–Trinajstić information content (AvgIpc) is 3.35. The zero-order valence-corrected chi connectivity index (χ0v) is 18.2. The molecule has 3 aromatic rings. The van der Waals surface area contributed by atoms with Crippen molar-refractivity contribution < 1.29 is 23.5 Å². The highest BCUT2D eigenvalue weighted by Crippen LogP contribution is 2.34. The number of anilines is 1. The first kappa shape index (κ1) is 21.5. The van der Waals surface area contributed by atoms with Crippen molar-refractivity contribution in [3.8, 4) is 11.5 Å². The molecule has 0 unspecified atom stereocenters. The van der Waals surface area contributed by atoms with E-state index in [0.29, 0.717) is 43.3 Å². The van der Waals surface area contributed by atoms with E-state index in [4.69, 9.17) is 13.9 Å². The molecule has 32 heavy (non-hydrogen) atoms. The predicted molar refractivity (Wildman–Crippen MR) is 120 cm³/mol. The summed E-state index contributed by atoms with van der Waals surface area (Å²) in [6.07, 6.45) is 2.20. The van der Waals surface area contributed by atoms with Crippen molar-refractivity contribution in [2.75, 3.05) is 25.1 Å². The Morgan fingerprint density at radius 3 is 2.31 bits per heavy atom. The van der Waals surface area contributed by atoms with Gasteiger partial charge in [0.25, 0.3) is 11.8 Å². The van der Waals surface area contributed by atoms with Gasteiger partial charge >= 0.3 is 0 Å². The van der Waals surface area contributed by atoms with E-state index in [0.717, 1.165) is 17.7 Å².